The number of aliphatic imine (C=N–C) groups is 1. The quantitative estimate of drug-likeness (QED) is 0.277. The number of hydrogen-bond acceptors (Lipinski definition) is 9. The average Bonchev–Trinajstić information content (AvgIpc) is 2.87. The highest BCUT2D eigenvalue weighted by Gasteiger charge is 2.43. The zero-order chi connectivity index (χ0) is 28.2. The van der Waals surface area contributed by atoms with Crippen molar-refractivity contribution in [1.82, 2.24) is 19.8 Å². The number of hydrogen-bond donors (Lipinski definition) is 4. The van der Waals surface area contributed by atoms with Crippen LogP contribution in [0.1, 0.15) is 52.4 Å². The third-order valence-corrected chi connectivity index (χ3v) is 11.8. The minimum atomic E-state index is -3.34. The summed E-state index contributed by atoms with van der Waals surface area (Å²) in [4.78, 5) is 20.6. The Kier molecular flexibility index (Phi) is 10.4. The SMILES string of the molecule is CCC1(CC)CCC(F)C=NC(C(C(=O)NC2CNCCC2N2CCN(S(=O)(=O)C3COC3)CC2)C(N)N)C1. The zero-order valence-corrected chi connectivity index (χ0v) is 24.3. The second kappa shape index (κ2) is 13.2. The molecule has 0 bridgehead atoms. The molecule has 4 rings (SSSR count). The molecule has 5 unspecified atom stereocenters. The number of amides is 1. The summed E-state index contributed by atoms with van der Waals surface area (Å²) in [6.45, 7) is 8.22. The van der Waals surface area contributed by atoms with E-state index in [0.29, 0.717) is 45.6 Å². The van der Waals surface area contributed by atoms with E-state index in [1.807, 2.05) is 0 Å². The fourth-order valence-electron chi connectivity index (χ4n) is 6.63. The van der Waals surface area contributed by atoms with E-state index in [1.54, 1.807) is 4.31 Å². The summed E-state index contributed by atoms with van der Waals surface area (Å²) in [6.07, 6.45) is 3.64. The van der Waals surface area contributed by atoms with Crippen molar-refractivity contribution >= 4 is 22.1 Å². The summed E-state index contributed by atoms with van der Waals surface area (Å²) in [5.74, 6) is -1.03. The molecule has 6 N–H and O–H groups in total. The van der Waals surface area contributed by atoms with Crippen molar-refractivity contribution in [2.75, 3.05) is 52.5 Å². The number of halogens is 1. The van der Waals surface area contributed by atoms with Crippen LogP contribution in [0.25, 0.3) is 0 Å². The molecule has 0 spiro atoms. The maximum absolute atomic E-state index is 14.5. The van der Waals surface area contributed by atoms with Crippen LogP contribution in [0.5, 0.6) is 0 Å². The number of nitrogens with two attached hydrogens (primary N) is 2. The van der Waals surface area contributed by atoms with Gasteiger partial charge in [-0.3, -0.25) is 14.7 Å². The van der Waals surface area contributed by atoms with Crippen molar-refractivity contribution < 1.29 is 22.3 Å². The first-order valence-electron chi connectivity index (χ1n) is 14.6. The summed E-state index contributed by atoms with van der Waals surface area (Å²) in [5, 5.41) is 6.15. The fourth-order valence-corrected chi connectivity index (χ4v) is 8.26. The minimum Gasteiger partial charge on any atom is -0.378 e. The lowest BCUT2D eigenvalue weighted by Gasteiger charge is -2.45. The number of alkyl halides is 1. The predicted octanol–water partition coefficient (Wildman–Crippen LogP) is -0.193. The van der Waals surface area contributed by atoms with Gasteiger partial charge < -0.3 is 26.8 Å². The van der Waals surface area contributed by atoms with Gasteiger partial charge in [-0.1, -0.05) is 26.7 Å². The van der Waals surface area contributed by atoms with Gasteiger partial charge >= 0.3 is 0 Å². The number of piperidine rings is 1. The second-order valence-electron chi connectivity index (χ2n) is 11.7. The number of carbonyl (C=O) groups is 1. The Bertz CT molecular complexity index is 952. The molecule has 0 saturated carbocycles. The van der Waals surface area contributed by atoms with E-state index in [1.165, 1.54) is 6.21 Å². The smallest absolute Gasteiger partial charge is 0.228 e. The summed E-state index contributed by atoms with van der Waals surface area (Å²) >= 11 is 0. The standard InChI is InChI=1S/C26H48FN7O4S/c1-3-26(4-2)7-5-18(27)14-31-20(13-26)23(24(28)29)25(35)32-21-15-30-8-6-22(21)33-9-11-34(12-10-33)39(36,37)19-16-38-17-19/h14,18-24,30H,3-13,15-17,28-29H2,1-2H3,(H,32,35). The Morgan fingerprint density at radius 3 is 2.49 bits per heavy atom. The van der Waals surface area contributed by atoms with Crippen LogP contribution >= 0.6 is 0 Å². The highest BCUT2D eigenvalue weighted by molar-refractivity contribution is 7.89. The molecule has 0 aromatic rings. The molecular formula is C26H48FN7O4S. The molecule has 4 aliphatic heterocycles. The van der Waals surface area contributed by atoms with Crippen molar-refractivity contribution in [3.63, 3.8) is 0 Å². The van der Waals surface area contributed by atoms with E-state index in [0.717, 1.165) is 32.2 Å². The van der Waals surface area contributed by atoms with Gasteiger partial charge in [0.05, 0.1) is 37.4 Å². The molecule has 3 saturated heterocycles. The van der Waals surface area contributed by atoms with Crippen molar-refractivity contribution in [3.05, 3.63) is 0 Å². The number of nitrogens with one attached hydrogen (secondary N) is 2. The lowest BCUT2D eigenvalue weighted by molar-refractivity contribution is -0.128. The van der Waals surface area contributed by atoms with Gasteiger partial charge in [-0.15, -0.1) is 0 Å². The van der Waals surface area contributed by atoms with Gasteiger partial charge in [0.15, 0.2) is 0 Å². The largest absolute Gasteiger partial charge is 0.378 e. The maximum atomic E-state index is 14.5. The van der Waals surface area contributed by atoms with Crippen LogP contribution in [0.15, 0.2) is 4.99 Å². The third-order valence-electron chi connectivity index (χ3n) is 9.57. The van der Waals surface area contributed by atoms with Crippen molar-refractivity contribution in [1.29, 1.82) is 0 Å². The molecule has 1 amide bonds. The lowest BCUT2D eigenvalue weighted by Crippen LogP contribution is -2.65. The Morgan fingerprint density at radius 2 is 1.90 bits per heavy atom. The summed E-state index contributed by atoms with van der Waals surface area (Å²) < 4.78 is 46.8. The topological polar surface area (TPSA) is 155 Å². The summed E-state index contributed by atoms with van der Waals surface area (Å²) in [5.41, 5.74) is 12.3. The van der Waals surface area contributed by atoms with Crippen LogP contribution in [0.3, 0.4) is 0 Å². The van der Waals surface area contributed by atoms with Crippen LogP contribution in [0, 0.1) is 11.3 Å². The Balaban J connectivity index is 1.44. The number of carbonyl (C=O) groups excluding carboxylic acids is 1. The molecule has 0 radical (unpaired) electrons. The van der Waals surface area contributed by atoms with E-state index >= 15 is 0 Å². The van der Waals surface area contributed by atoms with Crippen LogP contribution in [0.4, 0.5) is 4.39 Å². The highest BCUT2D eigenvalue weighted by Crippen LogP contribution is 2.41. The molecule has 4 heterocycles. The normalized spacial score (nSPS) is 32.3. The molecule has 0 aromatic heterocycles. The molecular weight excluding hydrogens is 525 g/mol. The van der Waals surface area contributed by atoms with Gasteiger partial charge in [-0.05, 0) is 37.6 Å². The average molecular weight is 574 g/mol. The molecule has 11 nitrogen and oxygen atoms in total. The van der Waals surface area contributed by atoms with Crippen molar-refractivity contribution in [3.8, 4) is 0 Å². The first-order valence-corrected chi connectivity index (χ1v) is 16.1. The number of ether oxygens (including phenoxy) is 1. The Labute approximate surface area is 232 Å². The molecule has 224 valence electrons. The molecule has 0 aromatic carbocycles. The van der Waals surface area contributed by atoms with E-state index in [2.05, 4.69) is 34.4 Å². The van der Waals surface area contributed by atoms with Crippen LogP contribution in [0.2, 0.25) is 0 Å². The molecule has 39 heavy (non-hydrogen) atoms. The van der Waals surface area contributed by atoms with Crippen molar-refractivity contribution in [2.24, 2.45) is 27.8 Å². The summed E-state index contributed by atoms with van der Waals surface area (Å²) in [6, 6.07) is -0.630. The molecule has 4 aliphatic rings. The monoisotopic (exact) mass is 573 g/mol. The van der Waals surface area contributed by atoms with Gasteiger partial charge in [0.25, 0.3) is 0 Å². The molecule has 3 fully saturated rings. The van der Waals surface area contributed by atoms with Gasteiger partial charge in [-0.25, -0.2) is 12.8 Å². The van der Waals surface area contributed by atoms with E-state index in [9.17, 15) is 17.6 Å². The van der Waals surface area contributed by atoms with Crippen LogP contribution in [-0.2, 0) is 19.6 Å². The summed E-state index contributed by atoms with van der Waals surface area (Å²) in [7, 11) is -3.34. The lowest BCUT2D eigenvalue weighted by atomic mass is 9.70. The van der Waals surface area contributed by atoms with E-state index in [-0.39, 0.29) is 36.6 Å². The number of rotatable bonds is 9. The zero-order valence-electron chi connectivity index (χ0n) is 23.4. The third kappa shape index (κ3) is 6.99. The van der Waals surface area contributed by atoms with Crippen LogP contribution in [-0.4, -0.2) is 118 Å². The Morgan fingerprint density at radius 1 is 1.21 bits per heavy atom. The first kappa shape index (κ1) is 30.7. The maximum Gasteiger partial charge on any atom is 0.228 e. The number of nitrogens with zero attached hydrogens (tertiary/aromatic N) is 3. The van der Waals surface area contributed by atoms with Gasteiger partial charge in [0.2, 0.25) is 15.9 Å². The van der Waals surface area contributed by atoms with Gasteiger partial charge in [0.1, 0.15) is 11.4 Å². The van der Waals surface area contributed by atoms with Crippen molar-refractivity contribution in [2.45, 2.75) is 88.1 Å². The Hall–Kier alpha value is -1.22. The van der Waals surface area contributed by atoms with E-state index < -0.39 is 39.6 Å². The highest BCUT2D eigenvalue weighted by atomic mass is 32.2. The van der Waals surface area contributed by atoms with Gasteiger partial charge in [-0.2, -0.15) is 4.31 Å². The van der Waals surface area contributed by atoms with Crippen LogP contribution < -0.4 is 22.1 Å². The number of sulfonamides is 1. The molecule has 0 aliphatic carbocycles. The predicted molar refractivity (Wildman–Crippen MR) is 150 cm³/mol. The fraction of sp³-hybridized carbons (Fsp3) is 0.923. The number of piperazine rings is 1. The first-order chi connectivity index (χ1) is 18.6. The van der Waals surface area contributed by atoms with E-state index in [4.69, 9.17) is 16.2 Å². The molecule has 5 atom stereocenters. The minimum absolute atomic E-state index is 0.0585. The second-order valence-corrected chi connectivity index (χ2v) is 14.0. The molecule has 13 heteroatoms. The van der Waals surface area contributed by atoms with Gasteiger partial charge in [0, 0.05) is 45.0 Å².